The molecule has 0 bridgehead atoms. The van der Waals surface area contributed by atoms with Gasteiger partial charge >= 0.3 is 0 Å². The Morgan fingerprint density at radius 3 is 1.43 bits per heavy atom. The summed E-state index contributed by atoms with van der Waals surface area (Å²) in [6.07, 6.45) is 0.854. The van der Waals surface area contributed by atoms with E-state index in [9.17, 15) is 4.79 Å². The summed E-state index contributed by atoms with van der Waals surface area (Å²) < 4.78 is 10.4. The third-order valence-corrected chi connectivity index (χ3v) is 2.35. The SMILES string of the molecule is COC(C)(C)CC(=O)CC(C)(C)OC. The maximum Gasteiger partial charge on any atom is 0.138 e. The van der Waals surface area contributed by atoms with E-state index in [-0.39, 0.29) is 17.0 Å². The Kier molecular flexibility index (Phi) is 4.75. The number of hydrogen-bond donors (Lipinski definition) is 0. The van der Waals surface area contributed by atoms with Gasteiger partial charge in [-0.1, -0.05) is 0 Å². The number of ether oxygens (including phenoxy) is 2. The van der Waals surface area contributed by atoms with Gasteiger partial charge in [0.1, 0.15) is 5.78 Å². The van der Waals surface area contributed by atoms with Crippen molar-refractivity contribution in [2.45, 2.75) is 51.7 Å². The molecule has 0 aliphatic heterocycles. The van der Waals surface area contributed by atoms with E-state index in [0.717, 1.165) is 0 Å². The maximum absolute atomic E-state index is 11.6. The molecule has 0 saturated heterocycles. The van der Waals surface area contributed by atoms with E-state index in [1.807, 2.05) is 27.7 Å². The molecule has 84 valence electrons. The monoisotopic (exact) mass is 202 g/mol. The molecule has 14 heavy (non-hydrogen) atoms. The lowest BCUT2D eigenvalue weighted by Crippen LogP contribution is -2.32. The standard InChI is InChI=1S/C11H22O3/c1-10(2,13-5)7-9(12)8-11(3,4)14-6/h7-8H2,1-6H3. The summed E-state index contributed by atoms with van der Waals surface area (Å²) in [7, 11) is 3.24. The van der Waals surface area contributed by atoms with E-state index in [2.05, 4.69) is 0 Å². The second-order valence-electron chi connectivity index (χ2n) is 4.82. The minimum absolute atomic E-state index is 0.170. The van der Waals surface area contributed by atoms with Crippen molar-refractivity contribution in [2.75, 3.05) is 14.2 Å². The third-order valence-electron chi connectivity index (χ3n) is 2.35. The molecule has 0 amide bonds. The Labute approximate surface area is 86.8 Å². The number of rotatable bonds is 6. The summed E-state index contributed by atoms with van der Waals surface area (Å²) in [6, 6.07) is 0. The molecule has 0 aromatic rings. The summed E-state index contributed by atoms with van der Waals surface area (Å²) >= 11 is 0. The molecule has 3 nitrogen and oxygen atoms in total. The molecular weight excluding hydrogens is 180 g/mol. The average Bonchev–Trinajstić information content (AvgIpc) is 2.02. The van der Waals surface area contributed by atoms with Crippen molar-refractivity contribution in [1.82, 2.24) is 0 Å². The van der Waals surface area contributed by atoms with Gasteiger partial charge < -0.3 is 9.47 Å². The molecule has 0 fully saturated rings. The summed E-state index contributed by atoms with van der Waals surface area (Å²) in [6.45, 7) is 7.63. The smallest absolute Gasteiger partial charge is 0.138 e. The van der Waals surface area contributed by atoms with Crippen molar-refractivity contribution < 1.29 is 14.3 Å². The van der Waals surface area contributed by atoms with Crippen molar-refractivity contribution >= 4 is 5.78 Å². The molecule has 3 heteroatoms. The second-order valence-corrected chi connectivity index (χ2v) is 4.82. The van der Waals surface area contributed by atoms with E-state index in [1.54, 1.807) is 14.2 Å². The van der Waals surface area contributed by atoms with E-state index in [0.29, 0.717) is 12.8 Å². The Morgan fingerprint density at radius 2 is 1.21 bits per heavy atom. The number of carbonyl (C=O) groups excluding carboxylic acids is 1. The summed E-state index contributed by atoms with van der Waals surface area (Å²) in [5.74, 6) is 0.170. The van der Waals surface area contributed by atoms with Crippen molar-refractivity contribution in [3.8, 4) is 0 Å². The van der Waals surface area contributed by atoms with Crippen LogP contribution >= 0.6 is 0 Å². The lowest BCUT2D eigenvalue weighted by molar-refractivity contribution is -0.129. The first kappa shape index (κ1) is 13.6. The number of hydrogen-bond acceptors (Lipinski definition) is 3. The number of methoxy groups -OCH3 is 2. The van der Waals surface area contributed by atoms with Crippen LogP contribution in [0.15, 0.2) is 0 Å². The highest BCUT2D eigenvalue weighted by molar-refractivity contribution is 5.80. The van der Waals surface area contributed by atoms with Gasteiger partial charge in [0.05, 0.1) is 11.2 Å². The normalized spacial score (nSPS) is 13.0. The molecule has 0 atom stereocenters. The van der Waals surface area contributed by atoms with Crippen LogP contribution in [0, 0.1) is 0 Å². The number of carbonyl (C=O) groups is 1. The van der Waals surface area contributed by atoms with Gasteiger partial charge in [0.25, 0.3) is 0 Å². The third kappa shape index (κ3) is 5.35. The van der Waals surface area contributed by atoms with E-state index in [4.69, 9.17) is 9.47 Å². The first-order valence-electron chi connectivity index (χ1n) is 4.84. The zero-order valence-corrected chi connectivity index (χ0v) is 10.1. The van der Waals surface area contributed by atoms with Crippen LogP contribution in [-0.4, -0.2) is 31.2 Å². The molecule has 0 radical (unpaired) electrons. The van der Waals surface area contributed by atoms with Crippen LogP contribution in [-0.2, 0) is 14.3 Å². The lowest BCUT2D eigenvalue weighted by Gasteiger charge is -2.26. The fraction of sp³-hybridized carbons (Fsp3) is 0.909. The van der Waals surface area contributed by atoms with Gasteiger partial charge in [-0.15, -0.1) is 0 Å². The van der Waals surface area contributed by atoms with Gasteiger partial charge in [0.15, 0.2) is 0 Å². The quantitative estimate of drug-likeness (QED) is 0.662. The highest BCUT2D eigenvalue weighted by Crippen LogP contribution is 2.19. The molecule has 0 aliphatic carbocycles. The molecule has 0 unspecified atom stereocenters. The van der Waals surface area contributed by atoms with Crippen LogP contribution in [0.4, 0.5) is 0 Å². The molecule has 0 heterocycles. The molecule has 0 aromatic carbocycles. The van der Waals surface area contributed by atoms with Crippen molar-refractivity contribution in [3.05, 3.63) is 0 Å². The Hall–Kier alpha value is -0.410. The van der Waals surface area contributed by atoms with E-state index < -0.39 is 0 Å². The summed E-state index contributed by atoms with van der Waals surface area (Å²) in [5, 5.41) is 0. The predicted molar refractivity (Wildman–Crippen MR) is 56.4 cm³/mol. The maximum atomic E-state index is 11.6. The fourth-order valence-corrected chi connectivity index (χ4v) is 1.16. The van der Waals surface area contributed by atoms with Crippen molar-refractivity contribution in [1.29, 1.82) is 0 Å². The van der Waals surface area contributed by atoms with Crippen LogP contribution in [0.25, 0.3) is 0 Å². The second kappa shape index (κ2) is 4.89. The number of ketones is 1. The first-order chi connectivity index (χ1) is 6.22. The highest BCUT2D eigenvalue weighted by Gasteiger charge is 2.26. The predicted octanol–water partition coefficient (Wildman–Crippen LogP) is 2.19. The highest BCUT2D eigenvalue weighted by atomic mass is 16.5. The molecule has 0 saturated carbocycles. The Morgan fingerprint density at radius 1 is 0.929 bits per heavy atom. The molecule has 0 rings (SSSR count). The zero-order chi connectivity index (χ0) is 11.4. The Balaban J connectivity index is 4.12. The minimum atomic E-state index is -0.374. The summed E-state index contributed by atoms with van der Waals surface area (Å²) in [4.78, 5) is 11.6. The van der Waals surface area contributed by atoms with Crippen molar-refractivity contribution in [2.24, 2.45) is 0 Å². The summed E-state index contributed by atoms with van der Waals surface area (Å²) in [5.41, 5.74) is -0.748. The minimum Gasteiger partial charge on any atom is -0.378 e. The first-order valence-corrected chi connectivity index (χ1v) is 4.84. The average molecular weight is 202 g/mol. The Bertz CT molecular complexity index is 175. The molecule has 0 aliphatic rings. The van der Waals surface area contributed by atoms with E-state index in [1.165, 1.54) is 0 Å². The van der Waals surface area contributed by atoms with Gasteiger partial charge in [-0.05, 0) is 27.7 Å². The van der Waals surface area contributed by atoms with Gasteiger partial charge in [0.2, 0.25) is 0 Å². The largest absolute Gasteiger partial charge is 0.378 e. The van der Waals surface area contributed by atoms with Crippen molar-refractivity contribution in [3.63, 3.8) is 0 Å². The van der Waals surface area contributed by atoms with Crippen LogP contribution < -0.4 is 0 Å². The van der Waals surface area contributed by atoms with E-state index >= 15 is 0 Å². The lowest BCUT2D eigenvalue weighted by atomic mass is 9.94. The fourth-order valence-electron chi connectivity index (χ4n) is 1.16. The van der Waals surface area contributed by atoms with Crippen LogP contribution in [0.1, 0.15) is 40.5 Å². The van der Waals surface area contributed by atoms with Crippen LogP contribution in [0.2, 0.25) is 0 Å². The van der Waals surface area contributed by atoms with Crippen LogP contribution in [0.5, 0.6) is 0 Å². The number of Topliss-reactive ketones (excluding diaryl/α,β-unsaturated/α-hetero) is 1. The topological polar surface area (TPSA) is 35.5 Å². The van der Waals surface area contributed by atoms with Crippen LogP contribution in [0.3, 0.4) is 0 Å². The van der Waals surface area contributed by atoms with Gasteiger partial charge in [-0.2, -0.15) is 0 Å². The molecule has 0 aromatic heterocycles. The molecule has 0 N–H and O–H groups in total. The van der Waals surface area contributed by atoms with Gasteiger partial charge in [-0.25, -0.2) is 0 Å². The zero-order valence-electron chi connectivity index (χ0n) is 10.1. The molecule has 0 spiro atoms. The van der Waals surface area contributed by atoms with Gasteiger partial charge in [0, 0.05) is 27.1 Å². The van der Waals surface area contributed by atoms with Gasteiger partial charge in [-0.3, -0.25) is 4.79 Å². The molecular formula is C11H22O3.